The maximum atomic E-state index is 12.4. The van der Waals surface area contributed by atoms with Crippen LogP contribution in [0, 0.1) is 6.92 Å². The average Bonchev–Trinajstić information content (AvgIpc) is 2.56. The minimum absolute atomic E-state index is 0.481. The number of aryl methyl sites for hydroxylation is 1. The van der Waals surface area contributed by atoms with Gasteiger partial charge in [-0.05, 0) is 24.6 Å². The lowest BCUT2D eigenvalue weighted by atomic mass is 10.2. The van der Waals surface area contributed by atoms with E-state index in [1.807, 2.05) is 31.3 Å². The van der Waals surface area contributed by atoms with Gasteiger partial charge in [-0.25, -0.2) is 9.07 Å². The summed E-state index contributed by atoms with van der Waals surface area (Å²) in [6.07, 6.45) is 4.66. The topological polar surface area (TPSA) is 17.8 Å². The average molecular weight is 202 g/mol. The van der Waals surface area contributed by atoms with Crippen molar-refractivity contribution >= 4 is 17.1 Å². The molecule has 3 heteroatoms. The Balaban J connectivity index is 2.43. The van der Waals surface area contributed by atoms with E-state index in [0.717, 1.165) is 16.5 Å². The molecule has 0 atom stereocenters. The number of hydrogen-bond donors (Lipinski definition) is 0. The van der Waals surface area contributed by atoms with Crippen molar-refractivity contribution in [1.82, 2.24) is 9.78 Å². The van der Waals surface area contributed by atoms with Gasteiger partial charge in [0.2, 0.25) is 0 Å². The smallest absolute Gasteiger partial charge is 0.117 e. The number of aromatic nitrogens is 2. The van der Waals surface area contributed by atoms with Crippen molar-refractivity contribution in [2.75, 3.05) is 0 Å². The molecule has 1 aromatic heterocycles. The Morgan fingerprint density at radius 3 is 3.07 bits per heavy atom. The van der Waals surface area contributed by atoms with Gasteiger partial charge in [0.05, 0.1) is 5.52 Å². The molecule has 0 fully saturated rings. The van der Waals surface area contributed by atoms with Crippen molar-refractivity contribution in [3.63, 3.8) is 0 Å². The lowest BCUT2D eigenvalue weighted by Gasteiger charge is -1.88. The molecule has 2 aromatic rings. The fraction of sp³-hybridized carbons (Fsp3) is 0.0833. The normalized spacial score (nSPS) is 11.3. The van der Waals surface area contributed by atoms with Crippen molar-refractivity contribution in [1.29, 1.82) is 0 Å². The van der Waals surface area contributed by atoms with Crippen molar-refractivity contribution < 1.29 is 4.39 Å². The number of fused-ring (bicyclic) bond motifs is 1. The highest BCUT2D eigenvalue weighted by molar-refractivity contribution is 5.79. The van der Waals surface area contributed by atoms with Gasteiger partial charge in [-0.2, -0.15) is 5.10 Å². The minimum atomic E-state index is -0.481. The third kappa shape index (κ3) is 2.13. The van der Waals surface area contributed by atoms with E-state index in [4.69, 9.17) is 0 Å². The maximum absolute atomic E-state index is 12.4. The highest BCUT2D eigenvalue weighted by atomic mass is 19.1. The highest BCUT2D eigenvalue weighted by Gasteiger charge is 1.98. The number of allylic oxidation sites excluding steroid dienone is 2. The van der Waals surface area contributed by atoms with Gasteiger partial charge in [-0.3, -0.25) is 0 Å². The van der Waals surface area contributed by atoms with E-state index in [9.17, 15) is 4.39 Å². The summed E-state index contributed by atoms with van der Waals surface area (Å²) in [6.45, 7) is 5.16. The van der Waals surface area contributed by atoms with Crippen LogP contribution in [-0.4, -0.2) is 9.78 Å². The molecule has 0 aliphatic carbocycles. The Kier molecular flexibility index (Phi) is 2.37. The molecule has 0 aliphatic rings. The molecule has 2 rings (SSSR count). The Hall–Kier alpha value is -1.90. The van der Waals surface area contributed by atoms with Crippen LogP contribution in [0.4, 0.5) is 4.39 Å². The number of benzene rings is 1. The first kappa shape index (κ1) is 9.65. The van der Waals surface area contributed by atoms with Crippen LogP contribution < -0.4 is 0 Å². The second-order valence-corrected chi connectivity index (χ2v) is 3.43. The Morgan fingerprint density at radius 1 is 1.53 bits per heavy atom. The summed E-state index contributed by atoms with van der Waals surface area (Å²) in [5.41, 5.74) is 2.07. The van der Waals surface area contributed by atoms with Gasteiger partial charge in [0, 0.05) is 17.8 Å². The quantitative estimate of drug-likeness (QED) is 0.683. The molecule has 1 aromatic carbocycles. The van der Waals surface area contributed by atoms with E-state index >= 15 is 0 Å². The molecule has 0 spiro atoms. The summed E-state index contributed by atoms with van der Waals surface area (Å²) in [6, 6.07) is 6.00. The number of rotatable bonds is 2. The molecule has 0 aliphatic heterocycles. The molecule has 0 N–H and O–H groups in total. The van der Waals surface area contributed by atoms with Gasteiger partial charge < -0.3 is 0 Å². The van der Waals surface area contributed by atoms with Gasteiger partial charge in [0.25, 0.3) is 0 Å². The molecule has 76 valence electrons. The summed E-state index contributed by atoms with van der Waals surface area (Å²) in [4.78, 5) is 0. The maximum Gasteiger partial charge on any atom is 0.117 e. The predicted molar refractivity (Wildman–Crippen MR) is 60.0 cm³/mol. The zero-order valence-corrected chi connectivity index (χ0v) is 8.44. The summed E-state index contributed by atoms with van der Waals surface area (Å²) >= 11 is 0. The van der Waals surface area contributed by atoms with E-state index in [1.165, 1.54) is 12.3 Å². The summed E-state index contributed by atoms with van der Waals surface area (Å²) < 4.78 is 14.0. The van der Waals surface area contributed by atoms with Crippen LogP contribution in [0.25, 0.3) is 17.1 Å². The predicted octanol–water partition coefficient (Wildman–Crippen LogP) is 3.30. The molecular formula is C12H11FN2. The first-order chi connectivity index (χ1) is 7.15. The Bertz CT molecular complexity index is 538. The van der Waals surface area contributed by atoms with Gasteiger partial charge in [-0.15, -0.1) is 0 Å². The van der Waals surface area contributed by atoms with Crippen LogP contribution in [0.3, 0.4) is 0 Å². The first-order valence-electron chi connectivity index (χ1n) is 4.63. The second-order valence-electron chi connectivity index (χ2n) is 3.43. The molecular weight excluding hydrogens is 191 g/mol. The van der Waals surface area contributed by atoms with Crippen molar-refractivity contribution in [3.8, 4) is 0 Å². The lowest BCUT2D eigenvalue weighted by molar-refractivity contribution is 0.671. The largest absolute Gasteiger partial charge is 0.247 e. The van der Waals surface area contributed by atoms with E-state index in [2.05, 4.69) is 11.7 Å². The van der Waals surface area contributed by atoms with Crippen molar-refractivity contribution in [2.24, 2.45) is 0 Å². The molecule has 0 bridgehead atoms. The summed E-state index contributed by atoms with van der Waals surface area (Å²) in [7, 11) is 0. The first-order valence-corrected chi connectivity index (χ1v) is 4.63. The van der Waals surface area contributed by atoms with Crippen LogP contribution in [0.1, 0.15) is 5.56 Å². The fourth-order valence-electron chi connectivity index (χ4n) is 1.38. The number of halogens is 1. The second kappa shape index (κ2) is 3.69. The van der Waals surface area contributed by atoms with Gasteiger partial charge in [0.15, 0.2) is 0 Å². The van der Waals surface area contributed by atoms with Crippen LogP contribution in [0.15, 0.2) is 42.9 Å². The summed E-state index contributed by atoms with van der Waals surface area (Å²) in [5.74, 6) is -0.481. The molecule has 0 unspecified atom stereocenters. The van der Waals surface area contributed by atoms with Gasteiger partial charge in [0.1, 0.15) is 5.83 Å². The third-order valence-electron chi connectivity index (χ3n) is 2.09. The molecule has 2 nitrogen and oxygen atoms in total. The number of nitrogens with zero attached hydrogens (tertiary/aromatic N) is 2. The van der Waals surface area contributed by atoms with E-state index < -0.39 is 5.83 Å². The standard InChI is InChI=1S/C12H11FN2/c1-9-3-4-11-8-15(6-5-10(2)13)14-12(11)7-9/h3-8H,2H2,1H3/b6-5+. The molecule has 0 radical (unpaired) electrons. The molecule has 15 heavy (non-hydrogen) atoms. The SMILES string of the molecule is C=C(F)/C=C/n1cc2ccc(C)cc2n1. The lowest BCUT2D eigenvalue weighted by Crippen LogP contribution is -1.84. The molecule has 1 heterocycles. The van der Waals surface area contributed by atoms with Crippen molar-refractivity contribution in [2.45, 2.75) is 6.92 Å². The van der Waals surface area contributed by atoms with Crippen LogP contribution >= 0.6 is 0 Å². The minimum Gasteiger partial charge on any atom is -0.247 e. The van der Waals surface area contributed by atoms with E-state index in [1.54, 1.807) is 4.68 Å². The zero-order valence-electron chi connectivity index (χ0n) is 8.44. The molecule has 0 saturated carbocycles. The monoisotopic (exact) mass is 202 g/mol. The van der Waals surface area contributed by atoms with Crippen LogP contribution in [0.5, 0.6) is 0 Å². The highest BCUT2D eigenvalue weighted by Crippen LogP contribution is 2.14. The zero-order chi connectivity index (χ0) is 10.8. The Morgan fingerprint density at radius 2 is 2.33 bits per heavy atom. The van der Waals surface area contributed by atoms with Crippen LogP contribution in [0.2, 0.25) is 0 Å². The van der Waals surface area contributed by atoms with Crippen molar-refractivity contribution in [3.05, 3.63) is 48.4 Å². The third-order valence-corrected chi connectivity index (χ3v) is 2.09. The summed E-state index contributed by atoms with van der Waals surface area (Å²) in [5, 5.41) is 5.30. The fourth-order valence-corrected chi connectivity index (χ4v) is 1.38. The number of hydrogen-bond acceptors (Lipinski definition) is 1. The van der Waals surface area contributed by atoms with E-state index in [-0.39, 0.29) is 0 Å². The van der Waals surface area contributed by atoms with E-state index in [0.29, 0.717) is 0 Å². The van der Waals surface area contributed by atoms with Gasteiger partial charge >= 0.3 is 0 Å². The van der Waals surface area contributed by atoms with Crippen LogP contribution in [-0.2, 0) is 0 Å². The molecule has 0 saturated heterocycles. The van der Waals surface area contributed by atoms with Gasteiger partial charge in [-0.1, -0.05) is 18.7 Å². The Labute approximate surface area is 87.3 Å². The molecule has 0 amide bonds.